The largest absolute Gasteiger partial charge is 0.474 e. The van der Waals surface area contributed by atoms with Crippen molar-refractivity contribution in [2.45, 2.75) is 31.9 Å². The molecule has 0 spiro atoms. The van der Waals surface area contributed by atoms with E-state index in [1.807, 2.05) is 6.92 Å². The Labute approximate surface area is 204 Å². The van der Waals surface area contributed by atoms with Crippen LogP contribution >= 0.6 is 0 Å². The van der Waals surface area contributed by atoms with E-state index in [1.165, 1.54) is 36.5 Å². The number of fused-ring (bicyclic) bond motifs is 2. The molecule has 1 aromatic carbocycles. The van der Waals surface area contributed by atoms with Gasteiger partial charge in [-0.25, -0.2) is 27.9 Å². The molecule has 2 aromatic heterocycles. The molecule has 4 N–H and O–H groups in total. The quantitative estimate of drug-likeness (QED) is 0.459. The van der Waals surface area contributed by atoms with Gasteiger partial charge in [0.15, 0.2) is 5.82 Å². The van der Waals surface area contributed by atoms with E-state index >= 15 is 4.39 Å². The number of likely N-dealkylation sites (N-methyl/N-ethyl adjacent to an activating group) is 1. The summed E-state index contributed by atoms with van der Waals surface area (Å²) >= 11 is 0. The molecule has 0 aliphatic carbocycles. The Bertz CT molecular complexity index is 1350. The number of nitrogen functional groups attached to an aromatic ring is 1. The van der Waals surface area contributed by atoms with Gasteiger partial charge in [-0.2, -0.15) is 0 Å². The molecule has 2 aliphatic heterocycles. The number of carboxylic acid groups (broad SMARTS) is 1. The van der Waals surface area contributed by atoms with Gasteiger partial charge in [0.1, 0.15) is 18.1 Å². The zero-order valence-corrected chi connectivity index (χ0v) is 19.6. The van der Waals surface area contributed by atoms with Gasteiger partial charge >= 0.3 is 6.09 Å². The van der Waals surface area contributed by atoms with Crippen molar-refractivity contribution < 1.29 is 27.8 Å². The molecule has 12 heteroatoms. The minimum Gasteiger partial charge on any atom is -0.474 e. The van der Waals surface area contributed by atoms with Crippen molar-refractivity contribution >= 4 is 34.1 Å². The third-order valence-corrected chi connectivity index (χ3v) is 6.94. The molecule has 1 amide bonds. The van der Waals surface area contributed by atoms with Gasteiger partial charge in [0.05, 0.1) is 17.8 Å². The molecule has 9 nitrogen and oxygen atoms in total. The van der Waals surface area contributed by atoms with E-state index in [0.29, 0.717) is 47.8 Å². The molecular weight excluding hydrogens is 477 g/mol. The van der Waals surface area contributed by atoms with Crippen LogP contribution < -0.4 is 20.7 Å². The van der Waals surface area contributed by atoms with Gasteiger partial charge in [0.2, 0.25) is 5.88 Å². The summed E-state index contributed by atoms with van der Waals surface area (Å²) in [6.07, 6.45) is -1.14. The van der Waals surface area contributed by atoms with Crippen molar-refractivity contribution in [1.29, 1.82) is 0 Å². The number of ether oxygens (including phenoxy) is 1. The second kappa shape index (κ2) is 9.01. The molecule has 0 bridgehead atoms. The Morgan fingerprint density at radius 3 is 2.81 bits per heavy atom. The minimum absolute atomic E-state index is 0.0340. The average molecular weight is 502 g/mol. The smallest absolute Gasteiger partial charge is 0.413 e. The van der Waals surface area contributed by atoms with Gasteiger partial charge in [-0.3, -0.25) is 9.80 Å². The van der Waals surface area contributed by atoms with Crippen molar-refractivity contribution in [3.05, 3.63) is 35.9 Å². The summed E-state index contributed by atoms with van der Waals surface area (Å²) in [5.74, 6) is -0.271. The highest BCUT2D eigenvalue weighted by Crippen LogP contribution is 2.40. The minimum atomic E-state index is -2.74. The third kappa shape index (κ3) is 3.81. The lowest BCUT2D eigenvalue weighted by Crippen LogP contribution is -2.50. The van der Waals surface area contributed by atoms with Crippen molar-refractivity contribution in [2.75, 3.05) is 42.7 Å². The Morgan fingerprint density at radius 2 is 2.08 bits per heavy atom. The summed E-state index contributed by atoms with van der Waals surface area (Å²) in [5.41, 5.74) is 8.00. The van der Waals surface area contributed by atoms with E-state index < -0.39 is 30.4 Å². The highest BCUT2D eigenvalue weighted by molar-refractivity contribution is 6.00. The zero-order valence-electron chi connectivity index (χ0n) is 19.6. The van der Waals surface area contributed by atoms with Crippen LogP contribution in [0.3, 0.4) is 0 Å². The first-order valence-electron chi connectivity index (χ1n) is 11.4. The number of pyridine rings is 2. The van der Waals surface area contributed by atoms with Crippen LogP contribution in [0.15, 0.2) is 24.5 Å². The summed E-state index contributed by atoms with van der Waals surface area (Å²) in [6.45, 7) is 3.18. The summed E-state index contributed by atoms with van der Waals surface area (Å²) in [5, 5.41) is 13.8. The summed E-state index contributed by atoms with van der Waals surface area (Å²) in [4.78, 5) is 23.0. The van der Waals surface area contributed by atoms with Crippen LogP contribution in [0.25, 0.3) is 21.9 Å². The fourth-order valence-corrected chi connectivity index (χ4v) is 5.11. The number of likely N-dealkylation sites (tertiary alicyclic amines) is 1. The number of hydrogen-bond donors (Lipinski definition) is 3. The van der Waals surface area contributed by atoms with Gasteiger partial charge in [-0.15, -0.1) is 0 Å². The van der Waals surface area contributed by atoms with Crippen LogP contribution in [0.5, 0.6) is 5.88 Å². The van der Waals surface area contributed by atoms with Crippen molar-refractivity contribution in [2.24, 2.45) is 0 Å². The lowest BCUT2D eigenvalue weighted by Gasteiger charge is -2.31. The summed E-state index contributed by atoms with van der Waals surface area (Å²) < 4.78 is 48.5. The predicted octanol–water partition coefficient (Wildman–Crippen LogP) is 3.95. The summed E-state index contributed by atoms with van der Waals surface area (Å²) in [7, 11) is 1.54. The van der Waals surface area contributed by atoms with Crippen LogP contribution in [0.1, 0.15) is 12.0 Å². The Morgan fingerprint density at radius 1 is 1.31 bits per heavy atom. The Balaban J connectivity index is 1.63. The molecule has 36 heavy (non-hydrogen) atoms. The molecule has 190 valence electrons. The Hall–Kier alpha value is -3.80. The van der Waals surface area contributed by atoms with Crippen LogP contribution in [-0.2, 0) is 0 Å². The second-order valence-electron chi connectivity index (χ2n) is 8.98. The number of hydrogen-bond acceptors (Lipinski definition) is 7. The maximum Gasteiger partial charge on any atom is 0.413 e. The van der Waals surface area contributed by atoms with Crippen molar-refractivity contribution in [1.82, 2.24) is 14.9 Å². The number of carbonyl (C=O) groups is 1. The molecule has 1 saturated heterocycles. The van der Waals surface area contributed by atoms with Crippen LogP contribution in [0, 0.1) is 12.7 Å². The van der Waals surface area contributed by atoms with Gasteiger partial charge < -0.3 is 20.9 Å². The molecule has 2 atom stereocenters. The van der Waals surface area contributed by atoms with Crippen molar-refractivity contribution in [3.63, 3.8) is 0 Å². The number of anilines is 3. The van der Waals surface area contributed by atoms with Crippen LogP contribution in [0.2, 0.25) is 0 Å². The fourth-order valence-electron chi connectivity index (χ4n) is 5.11. The number of nitrogens with one attached hydrogen (secondary N) is 1. The van der Waals surface area contributed by atoms with E-state index in [1.54, 1.807) is 0 Å². The number of benzene rings is 1. The van der Waals surface area contributed by atoms with Gasteiger partial charge in [-0.05, 0) is 43.5 Å². The first-order valence-corrected chi connectivity index (χ1v) is 11.4. The maximum absolute atomic E-state index is 15.4. The molecule has 0 saturated carbocycles. The average Bonchev–Trinajstić information content (AvgIpc) is 3.23. The third-order valence-electron chi connectivity index (χ3n) is 6.94. The van der Waals surface area contributed by atoms with Crippen molar-refractivity contribution in [3.8, 4) is 17.0 Å². The monoisotopic (exact) mass is 502 g/mol. The molecule has 1 fully saturated rings. The van der Waals surface area contributed by atoms with Gasteiger partial charge in [0.25, 0.3) is 6.43 Å². The molecular formula is C24H25F3N6O3. The topological polar surface area (TPSA) is 117 Å². The van der Waals surface area contributed by atoms with E-state index in [0.717, 1.165) is 4.90 Å². The second-order valence-corrected chi connectivity index (χ2v) is 8.98. The molecule has 5 rings (SSSR count). The number of alkyl halides is 2. The fraction of sp³-hybridized carbons (Fsp3) is 0.375. The van der Waals surface area contributed by atoms with Crippen LogP contribution in [-0.4, -0.2) is 71.3 Å². The van der Waals surface area contributed by atoms with Crippen LogP contribution in [0.4, 0.5) is 35.2 Å². The highest BCUT2D eigenvalue weighted by Gasteiger charge is 2.44. The molecule has 2 aliphatic rings. The van der Waals surface area contributed by atoms with E-state index in [9.17, 15) is 18.7 Å². The number of halogens is 3. The number of rotatable bonds is 4. The van der Waals surface area contributed by atoms with E-state index in [-0.39, 0.29) is 28.9 Å². The van der Waals surface area contributed by atoms with Gasteiger partial charge in [0, 0.05) is 42.0 Å². The summed E-state index contributed by atoms with van der Waals surface area (Å²) in [6, 6.07) is 0.711. The maximum atomic E-state index is 15.4. The predicted molar refractivity (Wildman–Crippen MR) is 129 cm³/mol. The van der Waals surface area contributed by atoms with Gasteiger partial charge in [-0.1, -0.05) is 0 Å². The Kier molecular flexibility index (Phi) is 5.99. The number of nitrogens with zero attached hydrogens (tertiary/aromatic N) is 4. The first-order chi connectivity index (χ1) is 17.2. The highest BCUT2D eigenvalue weighted by atomic mass is 19.3. The van der Waals surface area contributed by atoms with E-state index in [2.05, 4.69) is 15.3 Å². The molecule has 4 heterocycles. The standard InChI is InChI=1S/C24H25F3N6O3/c1-11-14(9-31-23-20(11)29-4-6-36-23)13-7-12-8-17(30-10-15(12)19(28)18(13)25)33(24(34)35)16-3-5-32(2)21(16)22(26)27/h7-10,16,21-22,29H,3-6,28H2,1-2H3,(H,34,35). The normalized spacial score (nSPS) is 19.7. The number of amides is 1. The number of nitrogens with two attached hydrogens (primary N) is 1. The lowest BCUT2D eigenvalue weighted by atomic mass is 9.97. The molecule has 3 aromatic rings. The molecule has 0 radical (unpaired) electrons. The zero-order chi connectivity index (χ0) is 25.7. The number of aromatic nitrogens is 2. The first kappa shape index (κ1) is 23.9. The van der Waals surface area contributed by atoms with E-state index in [4.69, 9.17) is 10.5 Å². The lowest BCUT2D eigenvalue weighted by molar-refractivity contribution is 0.0512. The SMILES string of the molecule is Cc1c(-c2cc3cc(N(C(=O)O)C4CCN(C)C4C(F)F)ncc3c(N)c2F)cnc2c1NCCO2. The molecule has 2 unspecified atom stereocenters.